The summed E-state index contributed by atoms with van der Waals surface area (Å²) in [6.07, 6.45) is 2.55. The smallest absolute Gasteiger partial charge is 0.320 e. The summed E-state index contributed by atoms with van der Waals surface area (Å²) in [5, 5.41) is 2.39. The average Bonchev–Trinajstić information content (AvgIpc) is 2.74. The van der Waals surface area contributed by atoms with E-state index in [9.17, 15) is 14.4 Å². The van der Waals surface area contributed by atoms with Crippen LogP contribution < -0.4 is 16.0 Å². The monoisotopic (exact) mass is 400 g/mol. The maximum absolute atomic E-state index is 12.7. The molecule has 1 aromatic rings. The normalized spacial score (nSPS) is 23.9. The van der Waals surface area contributed by atoms with Gasteiger partial charge >= 0.3 is 6.03 Å². The molecule has 0 bridgehead atoms. The minimum absolute atomic E-state index is 0.0989. The van der Waals surface area contributed by atoms with Gasteiger partial charge in [0.2, 0.25) is 11.8 Å². The van der Waals surface area contributed by atoms with Gasteiger partial charge in [-0.3, -0.25) is 14.9 Å². The summed E-state index contributed by atoms with van der Waals surface area (Å²) in [5.41, 5.74) is 6.62. The molecule has 1 aromatic heterocycles. The fourth-order valence-electron chi connectivity index (χ4n) is 4.20. The first-order valence-corrected chi connectivity index (χ1v) is 10.4. The van der Waals surface area contributed by atoms with Gasteiger partial charge < -0.3 is 20.4 Å². The summed E-state index contributed by atoms with van der Waals surface area (Å²) in [6, 6.07) is 5.97. The zero-order chi connectivity index (χ0) is 20.4. The first-order chi connectivity index (χ1) is 14.0. The Morgan fingerprint density at radius 3 is 2.38 bits per heavy atom. The Hall–Kier alpha value is -2.68. The van der Waals surface area contributed by atoms with Crippen LogP contribution in [-0.4, -0.2) is 77.9 Å². The molecule has 1 unspecified atom stereocenters. The number of likely N-dealkylation sites (tertiary alicyclic amines) is 1. The van der Waals surface area contributed by atoms with Crippen molar-refractivity contribution in [3.63, 3.8) is 0 Å². The van der Waals surface area contributed by atoms with E-state index in [-0.39, 0.29) is 29.8 Å². The Kier molecular flexibility index (Phi) is 5.66. The lowest BCUT2D eigenvalue weighted by atomic mass is 9.94. The molecule has 9 heteroatoms. The lowest BCUT2D eigenvalue weighted by Crippen LogP contribution is -2.55. The Labute approximate surface area is 170 Å². The van der Waals surface area contributed by atoms with Crippen LogP contribution in [0.25, 0.3) is 0 Å². The van der Waals surface area contributed by atoms with Crippen LogP contribution in [0.1, 0.15) is 37.3 Å². The number of imide groups is 1. The van der Waals surface area contributed by atoms with E-state index >= 15 is 0 Å². The molecule has 3 aliphatic rings. The van der Waals surface area contributed by atoms with Gasteiger partial charge in [-0.15, -0.1) is 0 Å². The Morgan fingerprint density at radius 2 is 1.69 bits per heavy atom. The van der Waals surface area contributed by atoms with Gasteiger partial charge in [-0.2, -0.15) is 0 Å². The highest BCUT2D eigenvalue weighted by atomic mass is 16.2. The fourth-order valence-corrected chi connectivity index (χ4v) is 4.20. The summed E-state index contributed by atoms with van der Waals surface area (Å²) >= 11 is 0. The Balaban J connectivity index is 1.36. The van der Waals surface area contributed by atoms with E-state index < -0.39 is 0 Å². The Bertz CT molecular complexity index is 784. The van der Waals surface area contributed by atoms with Gasteiger partial charge in [-0.25, -0.2) is 9.78 Å². The zero-order valence-corrected chi connectivity index (χ0v) is 16.5. The number of rotatable bonds is 2. The molecule has 3 aliphatic heterocycles. The number of anilines is 1. The number of carbonyl (C=O) groups is 3. The maximum atomic E-state index is 12.7. The second-order valence-corrected chi connectivity index (χ2v) is 8.01. The number of carbonyl (C=O) groups excluding carboxylic acids is 3. The van der Waals surface area contributed by atoms with Crippen LogP contribution in [0, 0.1) is 0 Å². The highest BCUT2D eigenvalue weighted by Gasteiger charge is 2.31. The summed E-state index contributed by atoms with van der Waals surface area (Å²) < 4.78 is 0. The van der Waals surface area contributed by atoms with Crippen molar-refractivity contribution in [2.75, 3.05) is 44.2 Å². The van der Waals surface area contributed by atoms with Crippen molar-refractivity contribution < 1.29 is 14.4 Å². The van der Waals surface area contributed by atoms with Gasteiger partial charge in [0.05, 0.1) is 11.6 Å². The van der Waals surface area contributed by atoms with E-state index in [0.717, 1.165) is 31.7 Å². The van der Waals surface area contributed by atoms with E-state index in [1.807, 2.05) is 28.0 Å². The first-order valence-electron chi connectivity index (χ1n) is 10.4. The first kappa shape index (κ1) is 19.6. The van der Waals surface area contributed by atoms with Crippen LogP contribution in [0.4, 0.5) is 10.6 Å². The Morgan fingerprint density at radius 1 is 1.00 bits per heavy atom. The minimum Gasteiger partial charge on any atom is -0.353 e. The number of urea groups is 1. The van der Waals surface area contributed by atoms with Crippen LogP contribution in [0.15, 0.2) is 18.2 Å². The van der Waals surface area contributed by atoms with Crippen LogP contribution in [0.3, 0.4) is 0 Å². The number of piperazine rings is 1. The summed E-state index contributed by atoms with van der Waals surface area (Å²) in [6.45, 7) is 4.15. The number of hydrogen-bond donors (Lipinski definition) is 2. The van der Waals surface area contributed by atoms with Crippen LogP contribution >= 0.6 is 0 Å². The second-order valence-electron chi connectivity index (χ2n) is 8.01. The van der Waals surface area contributed by atoms with E-state index in [0.29, 0.717) is 44.7 Å². The molecule has 0 aromatic carbocycles. The van der Waals surface area contributed by atoms with E-state index in [1.165, 1.54) is 0 Å². The molecular formula is C20H28N6O3. The number of amides is 4. The van der Waals surface area contributed by atoms with Crippen molar-refractivity contribution in [3.8, 4) is 0 Å². The largest absolute Gasteiger partial charge is 0.353 e. The average molecular weight is 400 g/mol. The van der Waals surface area contributed by atoms with Crippen molar-refractivity contribution >= 4 is 23.7 Å². The maximum Gasteiger partial charge on any atom is 0.320 e. The number of pyridine rings is 1. The van der Waals surface area contributed by atoms with Crippen molar-refractivity contribution in [1.82, 2.24) is 20.1 Å². The van der Waals surface area contributed by atoms with Crippen molar-refractivity contribution in [2.45, 2.75) is 37.6 Å². The highest BCUT2D eigenvalue weighted by Crippen LogP contribution is 2.25. The van der Waals surface area contributed by atoms with Crippen LogP contribution in [0.5, 0.6) is 0 Å². The lowest BCUT2D eigenvalue weighted by molar-refractivity contribution is -0.134. The number of aromatic nitrogens is 1. The van der Waals surface area contributed by atoms with Gasteiger partial charge in [0.25, 0.3) is 0 Å². The molecule has 4 amide bonds. The van der Waals surface area contributed by atoms with Gasteiger partial charge in [0.15, 0.2) is 0 Å². The molecule has 156 valence electrons. The van der Waals surface area contributed by atoms with E-state index in [1.54, 1.807) is 0 Å². The van der Waals surface area contributed by atoms with Crippen molar-refractivity contribution in [2.24, 2.45) is 5.73 Å². The lowest BCUT2D eigenvalue weighted by Gasteiger charge is -2.39. The molecule has 0 radical (unpaired) electrons. The number of piperidine rings is 2. The van der Waals surface area contributed by atoms with Crippen molar-refractivity contribution in [3.05, 3.63) is 23.9 Å². The predicted molar refractivity (Wildman–Crippen MR) is 107 cm³/mol. The highest BCUT2D eigenvalue weighted by molar-refractivity contribution is 6.00. The van der Waals surface area contributed by atoms with Gasteiger partial charge in [-0.05, 0) is 31.4 Å². The standard InChI is InChI=1S/C20H28N6O3/c21-14-6-8-25(9-7-14)20(29)26-12-10-24(11-13-26)17-3-1-2-16(22-17)15-4-5-18(27)23-19(15)28/h1-3,14-15H,4-13,21H2,(H,23,27,28). The molecular weight excluding hydrogens is 372 g/mol. The molecule has 4 rings (SSSR count). The summed E-state index contributed by atoms with van der Waals surface area (Å²) in [5.74, 6) is -0.0781. The summed E-state index contributed by atoms with van der Waals surface area (Å²) in [4.78, 5) is 46.9. The predicted octanol–water partition coefficient (Wildman–Crippen LogP) is 0.267. The third kappa shape index (κ3) is 4.34. The SMILES string of the molecule is NC1CCN(C(=O)N2CCN(c3cccc(C4CCC(=O)NC4=O)n3)CC2)CC1. The molecule has 3 fully saturated rings. The molecule has 0 saturated carbocycles. The molecule has 0 aliphatic carbocycles. The van der Waals surface area contributed by atoms with Crippen molar-refractivity contribution in [1.29, 1.82) is 0 Å². The molecule has 4 heterocycles. The third-order valence-corrected chi connectivity index (χ3v) is 6.04. The van der Waals surface area contributed by atoms with E-state index in [4.69, 9.17) is 5.73 Å². The third-order valence-electron chi connectivity index (χ3n) is 6.04. The number of nitrogens with zero attached hydrogens (tertiary/aromatic N) is 4. The minimum atomic E-state index is -0.388. The molecule has 29 heavy (non-hydrogen) atoms. The number of nitrogens with one attached hydrogen (secondary N) is 1. The number of hydrogen-bond acceptors (Lipinski definition) is 6. The van der Waals surface area contributed by atoms with Gasteiger partial charge in [-0.1, -0.05) is 6.07 Å². The van der Waals surface area contributed by atoms with Gasteiger partial charge in [0.1, 0.15) is 5.82 Å². The number of nitrogens with two attached hydrogens (primary N) is 1. The molecule has 0 spiro atoms. The zero-order valence-electron chi connectivity index (χ0n) is 16.5. The molecule has 3 saturated heterocycles. The quantitative estimate of drug-likeness (QED) is 0.689. The second kappa shape index (κ2) is 8.36. The fraction of sp³-hybridized carbons (Fsp3) is 0.600. The topological polar surface area (TPSA) is 112 Å². The van der Waals surface area contributed by atoms with Crippen LogP contribution in [0.2, 0.25) is 0 Å². The summed E-state index contributed by atoms with van der Waals surface area (Å²) in [7, 11) is 0. The van der Waals surface area contributed by atoms with E-state index in [2.05, 4.69) is 15.2 Å². The molecule has 1 atom stereocenters. The molecule has 9 nitrogen and oxygen atoms in total. The van der Waals surface area contributed by atoms with Crippen LogP contribution in [-0.2, 0) is 9.59 Å². The van der Waals surface area contributed by atoms with Gasteiger partial charge in [0, 0.05) is 51.7 Å². The molecule has 3 N–H and O–H groups in total.